The van der Waals surface area contributed by atoms with Crippen molar-refractivity contribution in [2.75, 3.05) is 26.7 Å². The van der Waals surface area contributed by atoms with Crippen molar-refractivity contribution in [2.45, 2.75) is 38.6 Å². The summed E-state index contributed by atoms with van der Waals surface area (Å²) in [7, 11) is 1.77. The number of halogens is 1. The molecule has 0 radical (unpaired) electrons. The lowest BCUT2D eigenvalue weighted by atomic mass is 9.96. The van der Waals surface area contributed by atoms with Crippen molar-refractivity contribution >= 4 is 18.2 Å². The van der Waals surface area contributed by atoms with Crippen molar-refractivity contribution < 1.29 is 9.18 Å². The highest BCUT2D eigenvalue weighted by molar-refractivity contribution is 5.97. The Kier molecular flexibility index (Phi) is 5.13. The van der Waals surface area contributed by atoms with Gasteiger partial charge in [-0.2, -0.15) is 0 Å². The molecule has 2 aliphatic heterocycles. The number of fused-ring (bicyclic) bond motifs is 2. The Bertz CT molecular complexity index is 1120. The summed E-state index contributed by atoms with van der Waals surface area (Å²) in [5, 5.41) is 9.15. The van der Waals surface area contributed by atoms with Crippen LogP contribution in [0.3, 0.4) is 0 Å². The fourth-order valence-corrected chi connectivity index (χ4v) is 5.50. The number of carbonyl (C=O) groups excluding carboxylic acids is 1. The molecule has 164 valence electrons. The van der Waals surface area contributed by atoms with Crippen molar-refractivity contribution in [1.82, 2.24) is 20.1 Å². The number of nitrogens with one attached hydrogen (secondary N) is 2. The van der Waals surface area contributed by atoms with Gasteiger partial charge < -0.3 is 20.1 Å². The Balaban J connectivity index is 1.63. The summed E-state index contributed by atoms with van der Waals surface area (Å²) < 4.78 is 16.3. The Morgan fingerprint density at radius 1 is 1.23 bits per heavy atom. The summed E-state index contributed by atoms with van der Waals surface area (Å²) in [5.41, 5.74) is 2.49. The molecular formula is C25H31FN4O. The molecule has 0 spiro atoms. The van der Waals surface area contributed by atoms with Crippen LogP contribution >= 0.6 is 0 Å². The highest BCUT2D eigenvalue weighted by Gasteiger charge is 2.38. The minimum atomic E-state index is -0.393. The van der Waals surface area contributed by atoms with Gasteiger partial charge in [0.2, 0.25) is 0 Å². The maximum atomic E-state index is 14.2. The number of carbonyl (C=O) groups is 1. The van der Waals surface area contributed by atoms with E-state index in [0.29, 0.717) is 11.5 Å². The summed E-state index contributed by atoms with van der Waals surface area (Å²) in [6.07, 6.45) is 8.89. The first-order valence-corrected chi connectivity index (χ1v) is 11.4. The summed E-state index contributed by atoms with van der Waals surface area (Å²) in [4.78, 5) is 14.9. The Morgan fingerprint density at radius 3 is 2.68 bits per heavy atom. The van der Waals surface area contributed by atoms with Gasteiger partial charge in [0.25, 0.3) is 5.91 Å². The van der Waals surface area contributed by atoms with Crippen LogP contribution in [0.4, 0.5) is 4.39 Å². The predicted molar refractivity (Wildman–Crippen MR) is 121 cm³/mol. The topological polar surface area (TPSA) is 49.3 Å². The van der Waals surface area contributed by atoms with Crippen molar-refractivity contribution in [3.05, 3.63) is 51.9 Å². The molecule has 2 aromatic rings. The van der Waals surface area contributed by atoms with Crippen LogP contribution in [0.25, 0.3) is 18.0 Å². The lowest BCUT2D eigenvalue weighted by Crippen LogP contribution is -2.38. The molecule has 3 aliphatic rings. The lowest BCUT2D eigenvalue weighted by molar-refractivity contribution is 0.0754. The number of nitrogens with zero attached hydrogens (tertiary/aromatic N) is 2. The molecule has 5 rings (SSSR count). The molecule has 2 unspecified atom stereocenters. The zero-order chi connectivity index (χ0) is 21.7. The van der Waals surface area contributed by atoms with E-state index in [4.69, 9.17) is 0 Å². The van der Waals surface area contributed by atoms with Gasteiger partial charge in [0, 0.05) is 37.2 Å². The number of amides is 1. The number of aromatic nitrogens is 1. The van der Waals surface area contributed by atoms with Gasteiger partial charge in [-0.05, 0) is 81.3 Å². The van der Waals surface area contributed by atoms with Gasteiger partial charge in [0.1, 0.15) is 5.82 Å². The van der Waals surface area contributed by atoms with Crippen molar-refractivity contribution in [3.8, 4) is 5.69 Å². The third-order valence-electron chi connectivity index (χ3n) is 7.42. The first-order valence-electron chi connectivity index (χ1n) is 11.4. The number of benzene rings is 1. The van der Waals surface area contributed by atoms with Crippen LogP contribution in [0.2, 0.25) is 0 Å². The minimum Gasteiger partial charge on any atom is -0.386 e. The van der Waals surface area contributed by atoms with Crippen molar-refractivity contribution in [3.63, 3.8) is 0 Å². The van der Waals surface area contributed by atoms with Gasteiger partial charge in [0.15, 0.2) is 0 Å². The molecule has 1 aromatic carbocycles. The summed E-state index contributed by atoms with van der Waals surface area (Å²) in [6, 6.07) is 4.58. The van der Waals surface area contributed by atoms with Crippen LogP contribution in [0.5, 0.6) is 0 Å². The highest BCUT2D eigenvalue weighted by atomic mass is 19.1. The molecule has 2 N–H and O–H groups in total. The van der Waals surface area contributed by atoms with Crippen LogP contribution in [0.1, 0.15) is 48.5 Å². The molecule has 0 bridgehead atoms. The van der Waals surface area contributed by atoms with Crippen molar-refractivity contribution in [2.24, 2.45) is 11.8 Å². The molecule has 1 aliphatic carbocycles. The third-order valence-corrected chi connectivity index (χ3v) is 7.42. The Hall–Kier alpha value is -2.60. The van der Waals surface area contributed by atoms with E-state index in [2.05, 4.69) is 27.5 Å². The smallest absolute Gasteiger partial charge is 0.256 e. The lowest BCUT2D eigenvalue weighted by Gasteiger charge is -2.23. The largest absolute Gasteiger partial charge is 0.386 e. The van der Waals surface area contributed by atoms with E-state index in [-0.39, 0.29) is 11.9 Å². The molecule has 2 fully saturated rings. The van der Waals surface area contributed by atoms with E-state index in [0.717, 1.165) is 42.5 Å². The molecule has 1 saturated heterocycles. The average molecular weight is 423 g/mol. The summed E-state index contributed by atoms with van der Waals surface area (Å²) in [5.74, 6) is 1.50. The average Bonchev–Trinajstić information content (AvgIpc) is 3.45. The fraction of sp³-hybridized carbons (Fsp3) is 0.480. The second-order valence-electron chi connectivity index (χ2n) is 9.53. The van der Waals surface area contributed by atoms with E-state index in [1.807, 2.05) is 20.0 Å². The van der Waals surface area contributed by atoms with E-state index in [9.17, 15) is 9.18 Å². The number of hydrogen-bond donors (Lipinski definition) is 2. The van der Waals surface area contributed by atoms with Crippen LogP contribution in [-0.2, 0) is 0 Å². The third kappa shape index (κ3) is 3.47. The molecule has 3 heterocycles. The molecule has 6 heteroatoms. The molecule has 31 heavy (non-hydrogen) atoms. The molecule has 1 amide bonds. The van der Waals surface area contributed by atoms with Gasteiger partial charge in [0.05, 0.1) is 16.6 Å². The summed E-state index contributed by atoms with van der Waals surface area (Å²) in [6.45, 7) is 6.98. The van der Waals surface area contributed by atoms with E-state index >= 15 is 0 Å². The fourth-order valence-electron chi connectivity index (χ4n) is 5.50. The highest BCUT2D eigenvalue weighted by Crippen LogP contribution is 2.43. The van der Waals surface area contributed by atoms with Crippen LogP contribution in [0, 0.1) is 17.7 Å². The number of hydrogen-bond acceptors (Lipinski definition) is 3. The Labute approximate surface area is 182 Å². The maximum Gasteiger partial charge on any atom is 0.256 e. The first kappa shape index (κ1) is 20.3. The van der Waals surface area contributed by atoms with Crippen LogP contribution in [0.15, 0.2) is 24.4 Å². The molecule has 5 nitrogen and oxygen atoms in total. The maximum absolute atomic E-state index is 14.2. The quantitative estimate of drug-likeness (QED) is 0.792. The van der Waals surface area contributed by atoms with Crippen molar-refractivity contribution in [1.29, 1.82) is 0 Å². The zero-order valence-corrected chi connectivity index (χ0v) is 18.5. The van der Waals surface area contributed by atoms with E-state index in [1.54, 1.807) is 18.0 Å². The van der Waals surface area contributed by atoms with Gasteiger partial charge in [-0.1, -0.05) is 6.08 Å². The minimum absolute atomic E-state index is 0.0332. The van der Waals surface area contributed by atoms with Crippen LogP contribution in [-0.4, -0.2) is 48.1 Å². The van der Waals surface area contributed by atoms with E-state index < -0.39 is 5.82 Å². The second-order valence-corrected chi connectivity index (χ2v) is 9.53. The molecular weight excluding hydrogens is 391 g/mol. The second kappa shape index (κ2) is 7.83. The van der Waals surface area contributed by atoms with Gasteiger partial charge in [-0.3, -0.25) is 4.79 Å². The standard InChI is InChI=1S/C25H31FN4O/c1-15(2)29(3)25(31)21-10-19(26)4-5-23(21)30-14-22(20-6-7-27-13-24(20)30)16-8-17-11-28-12-18(17)9-16/h4-6,10,13-18,27-28H,7-9,11-12H2,1-3H3. The SMILES string of the molecule is CC(C)N(C)C(=O)c1cc(F)ccc1-n1cc(C2CC3CNCC3C2)c2c1=CNCC=2. The monoisotopic (exact) mass is 422 g/mol. The van der Waals surface area contributed by atoms with E-state index in [1.165, 1.54) is 35.8 Å². The van der Waals surface area contributed by atoms with Gasteiger partial charge >= 0.3 is 0 Å². The van der Waals surface area contributed by atoms with Gasteiger partial charge in [-0.15, -0.1) is 0 Å². The predicted octanol–water partition coefficient (Wildman–Crippen LogP) is 1.93. The number of rotatable bonds is 4. The van der Waals surface area contributed by atoms with Crippen LogP contribution < -0.4 is 21.2 Å². The van der Waals surface area contributed by atoms with Gasteiger partial charge in [-0.25, -0.2) is 4.39 Å². The molecule has 1 saturated carbocycles. The zero-order valence-electron chi connectivity index (χ0n) is 18.5. The molecule has 1 aromatic heterocycles. The molecule has 2 atom stereocenters. The normalized spacial score (nSPS) is 24.2. The summed E-state index contributed by atoms with van der Waals surface area (Å²) >= 11 is 0. The Morgan fingerprint density at radius 2 is 1.97 bits per heavy atom. The first-order chi connectivity index (χ1) is 14.9.